The van der Waals surface area contributed by atoms with Gasteiger partial charge < -0.3 is 4.90 Å². The Morgan fingerprint density at radius 2 is 2.07 bits per heavy atom. The van der Waals surface area contributed by atoms with Crippen molar-refractivity contribution < 1.29 is 14.4 Å². The van der Waals surface area contributed by atoms with Crippen LogP contribution in [0.5, 0.6) is 0 Å². The molecule has 1 atom stereocenters. The van der Waals surface area contributed by atoms with Crippen molar-refractivity contribution >= 4 is 17.5 Å². The second kappa shape index (κ2) is 3.61. The van der Waals surface area contributed by atoms with Crippen molar-refractivity contribution in [1.29, 1.82) is 0 Å². The Kier molecular flexibility index (Phi) is 2.42. The lowest BCUT2D eigenvalue weighted by Crippen LogP contribution is -2.45. The van der Waals surface area contributed by atoms with Gasteiger partial charge in [-0.15, -0.1) is 0 Å². The van der Waals surface area contributed by atoms with Crippen LogP contribution in [0.3, 0.4) is 0 Å². The molecule has 15 heavy (non-hydrogen) atoms. The highest BCUT2D eigenvalue weighted by molar-refractivity contribution is 6.06. The van der Waals surface area contributed by atoms with E-state index in [0.717, 1.165) is 5.57 Å². The number of carbonyl (C=O) groups excluding carboxylic acids is 3. The average molecular weight is 207 g/mol. The van der Waals surface area contributed by atoms with Crippen LogP contribution in [0.4, 0.5) is 0 Å². The summed E-state index contributed by atoms with van der Waals surface area (Å²) in [5, 5.41) is 0. The van der Waals surface area contributed by atoms with Crippen molar-refractivity contribution in [3.05, 3.63) is 11.6 Å². The van der Waals surface area contributed by atoms with E-state index in [1.54, 1.807) is 11.0 Å². The molecular formula is C11H13NO3. The van der Waals surface area contributed by atoms with Gasteiger partial charge in [-0.3, -0.25) is 14.4 Å². The van der Waals surface area contributed by atoms with Crippen LogP contribution in [0.2, 0.25) is 0 Å². The lowest BCUT2D eigenvalue weighted by molar-refractivity contribution is -0.139. The molecule has 1 unspecified atom stereocenters. The zero-order valence-corrected chi connectivity index (χ0v) is 8.66. The van der Waals surface area contributed by atoms with Crippen LogP contribution in [0, 0.1) is 0 Å². The molecule has 4 nitrogen and oxygen atoms in total. The minimum absolute atomic E-state index is 0.00645. The highest BCUT2D eigenvalue weighted by Crippen LogP contribution is 2.22. The Balaban J connectivity index is 2.09. The van der Waals surface area contributed by atoms with Gasteiger partial charge in [0.2, 0.25) is 5.91 Å². The number of Topliss-reactive ketones (excluding diaryl/α,β-unsaturated/α-hetero) is 2. The molecular weight excluding hydrogens is 194 g/mol. The highest BCUT2D eigenvalue weighted by Gasteiger charge is 2.35. The van der Waals surface area contributed by atoms with Gasteiger partial charge in [-0.2, -0.15) is 0 Å². The van der Waals surface area contributed by atoms with E-state index < -0.39 is 0 Å². The molecule has 0 aromatic carbocycles. The third-order valence-corrected chi connectivity index (χ3v) is 2.89. The molecule has 1 aliphatic heterocycles. The Morgan fingerprint density at radius 3 is 2.60 bits per heavy atom. The first-order valence-corrected chi connectivity index (χ1v) is 5.10. The lowest BCUT2D eigenvalue weighted by atomic mass is 9.92. The summed E-state index contributed by atoms with van der Waals surface area (Å²) >= 11 is 0. The molecule has 0 bridgehead atoms. The molecule has 1 saturated carbocycles. The maximum atomic E-state index is 11.6. The molecule has 2 rings (SSSR count). The van der Waals surface area contributed by atoms with Crippen LogP contribution >= 0.6 is 0 Å². The largest absolute Gasteiger partial charge is 0.325 e. The third kappa shape index (κ3) is 1.84. The minimum Gasteiger partial charge on any atom is -0.325 e. The zero-order chi connectivity index (χ0) is 11.0. The van der Waals surface area contributed by atoms with Crippen molar-refractivity contribution in [2.75, 3.05) is 6.54 Å². The molecule has 1 heterocycles. The average Bonchev–Trinajstić information content (AvgIpc) is 2.45. The topological polar surface area (TPSA) is 54.5 Å². The van der Waals surface area contributed by atoms with E-state index in [-0.39, 0.29) is 29.9 Å². The molecule has 0 spiro atoms. The molecule has 0 aromatic rings. The number of carbonyl (C=O) groups is 3. The van der Waals surface area contributed by atoms with E-state index >= 15 is 0 Å². The fraction of sp³-hybridized carbons (Fsp3) is 0.545. The highest BCUT2D eigenvalue weighted by atomic mass is 16.2. The number of hydrogen-bond acceptors (Lipinski definition) is 3. The summed E-state index contributed by atoms with van der Waals surface area (Å²) in [6.07, 6.45) is 2.46. The van der Waals surface area contributed by atoms with Gasteiger partial charge in [0.05, 0.1) is 12.5 Å². The SMILES string of the molecule is CC1=CC(=O)N(C2CCC(=O)CC2=O)C1. The van der Waals surface area contributed by atoms with Gasteiger partial charge >= 0.3 is 0 Å². The number of amides is 1. The van der Waals surface area contributed by atoms with E-state index in [0.29, 0.717) is 19.4 Å². The van der Waals surface area contributed by atoms with Gasteiger partial charge in [0.25, 0.3) is 0 Å². The van der Waals surface area contributed by atoms with Gasteiger partial charge in [0.1, 0.15) is 5.78 Å². The molecule has 2 aliphatic rings. The number of nitrogens with zero attached hydrogens (tertiary/aromatic N) is 1. The first-order chi connectivity index (χ1) is 7.08. The Labute approximate surface area is 87.9 Å². The molecule has 0 aromatic heterocycles. The van der Waals surface area contributed by atoms with Crippen LogP contribution in [0.15, 0.2) is 11.6 Å². The van der Waals surface area contributed by atoms with Gasteiger partial charge in [-0.05, 0) is 18.9 Å². The van der Waals surface area contributed by atoms with Gasteiger partial charge in [0, 0.05) is 19.0 Å². The lowest BCUT2D eigenvalue weighted by Gasteiger charge is -2.29. The van der Waals surface area contributed by atoms with Crippen LogP contribution in [-0.4, -0.2) is 35.0 Å². The molecule has 1 fully saturated rings. The predicted octanol–water partition coefficient (Wildman–Crippen LogP) is 0.466. The van der Waals surface area contributed by atoms with Gasteiger partial charge in [-0.25, -0.2) is 0 Å². The van der Waals surface area contributed by atoms with Crippen molar-refractivity contribution in [3.8, 4) is 0 Å². The summed E-state index contributed by atoms with van der Waals surface area (Å²) < 4.78 is 0. The zero-order valence-electron chi connectivity index (χ0n) is 8.66. The summed E-state index contributed by atoms with van der Waals surface area (Å²) in [6.45, 7) is 2.40. The normalized spacial score (nSPS) is 27.3. The van der Waals surface area contributed by atoms with Crippen molar-refractivity contribution in [1.82, 2.24) is 4.90 Å². The molecule has 0 saturated heterocycles. The van der Waals surface area contributed by atoms with Crippen LogP contribution in [0.1, 0.15) is 26.2 Å². The first kappa shape index (κ1) is 10.1. The van der Waals surface area contributed by atoms with Gasteiger partial charge in [-0.1, -0.05) is 0 Å². The number of rotatable bonds is 1. The second-order valence-electron chi connectivity index (χ2n) is 4.19. The van der Waals surface area contributed by atoms with E-state index in [4.69, 9.17) is 0 Å². The second-order valence-corrected chi connectivity index (χ2v) is 4.19. The standard InChI is InChI=1S/C11H13NO3/c1-7-4-11(15)12(6-7)9-3-2-8(13)5-10(9)14/h4,9H,2-3,5-6H2,1H3. The molecule has 1 aliphatic carbocycles. The molecule has 80 valence electrons. The summed E-state index contributed by atoms with van der Waals surface area (Å²) in [6, 6.07) is -0.371. The predicted molar refractivity (Wildman–Crippen MR) is 53.1 cm³/mol. The van der Waals surface area contributed by atoms with Crippen LogP contribution in [0.25, 0.3) is 0 Å². The van der Waals surface area contributed by atoms with Crippen molar-refractivity contribution in [2.24, 2.45) is 0 Å². The Bertz CT molecular complexity index is 370. The monoisotopic (exact) mass is 207 g/mol. The summed E-state index contributed by atoms with van der Waals surface area (Å²) in [4.78, 5) is 35.7. The van der Waals surface area contributed by atoms with E-state index in [9.17, 15) is 14.4 Å². The quantitative estimate of drug-likeness (QED) is 0.587. The fourth-order valence-electron chi connectivity index (χ4n) is 2.14. The van der Waals surface area contributed by atoms with E-state index in [1.807, 2.05) is 6.92 Å². The van der Waals surface area contributed by atoms with E-state index in [2.05, 4.69) is 0 Å². The summed E-state index contributed by atoms with van der Waals surface area (Å²) in [5.41, 5.74) is 0.977. The maximum Gasteiger partial charge on any atom is 0.247 e. The first-order valence-electron chi connectivity index (χ1n) is 5.10. The minimum atomic E-state index is -0.371. The smallest absolute Gasteiger partial charge is 0.247 e. The fourth-order valence-corrected chi connectivity index (χ4v) is 2.14. The van der Waals surface area contributed by atoms with Gasteiger partial charge in [0.15, 0.2) is 5.78 Å². The molecule has 0 N–H and O–H groups in total. The van der Waals surface area contributed by atoms with Crippen LogP contribution in [-0.2, 0) is 14.4 Å². The Morgan fingerprint density at radius 1 is 1.33 bits per heavy atom. The number of hydrogen-bond donors (Lipinski definition) is 0. The third-order valence-electron chi connectivity index (χ3n) is 2.89. The molecule has 0 radical (unpaired) electrons. The summed E-state index contributed by atoms with van der Waals surface area (Å²) in [5.74, 6) is -0.213. The van der Waals surface area contributed by atoms with Crippen LogP contribution < -0.4 is 0 Å². The van der Waals surface area contributed by atoms with Crippen molar-refractivity contribution in [3.63, 3.8) is 0 Å². The molecule has 1 amide bonds. The maximum absolute atomic E-state index is 11.6. The number of ketones is 2. The Hall–Kier alpha value is -1.45. The van der Waals surface area contributed by atoms with E-state index in [1.165, 1.54) is 0 Å². The van der Waals surface area contributed by atoms with Crippen molar-refractivity contribution in [2.45, 2.75) is 32.2 Å². The molecule has 4 heteroatoms. The summed E-state index contributed by atoms with van der Waals surface area (Å²) in [7, 11) is 0.